The van der Waals surface area contributed by atoms with Crippen molar-refractivity contribution in [1.29, 1.82) is 0 Å². The van der Waals surface area contributed by atoms with Crippen molar-refractivity contribution in [3.05, 3.63) is 69.7 Å². The number of carbonyl (C=O) groups is 2. The number of hydrogen-bond acceptors (Lipinski definition) is 4. The van der Waals surface area contributed by atoms with Crippen LogP contribution in [0, 0.1) is 0 Å². The molecule has 1 aliphatic rings. The normalized spacial score (nSPS) is 16.7. The SMILES string of the molecule is NNC(=O)c1ccc(CNC(=O)N2CCSC(c3ccc(Br)cc3)C2)cc1. The second kappa shape index (κ2) is 9.25. The lowest BCUT2D eigenvalue weighted by molar-refractivity contribution is 0.0953. The van der Waals surface area contributed by atoms with Crippen LogP contribution in [0.25, 0.3) is 0 Å². The van der Waals surface area contributed by atoms with Gasteiger partial charge in [0.1, 0.15) is 0 Å². The summed E-state index contributed by atoms with van der Waals surface area (Å²) in [6.07, 6.45) is 0. The van der Waals surface area contributed by atoms with Crippen LogP contribution in [0.15, 0.2) is 53.0 Å². The summed E-state index contributed by atoms with van der Waals surface area (Å²) in [5, 5.41) is 3.24. The smallest absolute Gasteiger partial charge is 0.317 e. The van der Waals surface area contributed by atoms with Crippen molar-refractivity contribution < 1.29 is 9.59 Å². The van der Waals surface area contributed by atoms with Crippen LogP contribution < -0.4 is 16.6 Å². The van der Waals surface area contributed by atoms with Gasteiger partial charge in [-0.3, -0.25) is 10.2 Å². The first kappa shape index (κ1) is 19.7. The van der Waals surface area contributed by atoms with E-state index in [9.17, 15) is 9.59 Å². The summed E-state index contributed by atoms with van der Waals surface area (Å²) in [4.78, 5) is 25.8. The zero-order valence-electron chi connectivity index (χ0n) is 14.7. The fourth-order valence-electron chi connectivity index (χ4n) is 2.86. The van der Waals surface area contributed by atoms with E-state index >= 15 is 0 Å². The molecule has 142 valence electrons. The Labute approximate surface area is 171 Å². The Hall–Kier alpha value is -2.03. The highest BCUT2D eigenvalue weighted by Gasteiger charge is 2.25. The van der Waals surface area contributed by atoms with E-state index in [4.69, 9.17) is 5.84 Å². The fraction of sp³-hybridized carbons (Fsp3) is 0.263. The fourth-order valence-corrected chi connectivity index (χ4v) is 4.37. The van der Waals surface area contributed by atoms with Crippen molar-refractivity contribution in [3.63, 3.8) is 0 Å². The first-order valence-corrected chi connectivity index (χ1v) is 10.4. The second-order valence-corrected chi connectivity index (χ2v) is 8.41. The molecule has 3 rings (SSSR count). The molecule has 27 heavy (non-hydrogen) atoms. The third-order valence-electron chi connectivity index (χ3n) is 4.39. The molecule has 0 bridgehead atoms. The summed E-state index contributed by atoms with van der Waals surface area (Å²) in [6.45, 7) is 1.84. The Balaban J connectivity index is 1.54. The molecule has 1 heterocycles. The van der Waals surface area contributed by atoms with E-state index in [0.29, 0.717) is 18.7 Å². The van der Waals surface area contributed by atoms with Crippen LogP contribution in [0.2, 0.25) is 0 Å². The largest absolute Gasteiger partial charge is 0.334 e. The molecule has 1 atom stereocenters. The number of nitrogens with zero attached hydrogens (tertiary/aromatic N) is 1. The molecule has 0 spiro atoms. The highest BCUT2D eigenvalue weighted by atomic mass is 79.9. The summed E-state index contributed by atoms with van der Waals surface area (Å²) in [6, 6.07) is 15.2. The molecule has 0 saturated carbocycles. The zero-order valence-corrected chi connectivity index (χ0v) is 17.1. The molecule has 1 unspecified atom stereocenters. The summed E-state index contributed by atoms with van der Waals surface area (Å²) in [7, 11) is 0. The maximum atomic E-state index is 12.5. The number of hydrogen-bond donors (Lipinski definition) is 3. The van der Waals surface area contributed by atoms with Crippen molar-refractivity contribution >= 4 is 39.6 Å². The number of amides is 3. The highest BCUT2D eigenvalue weighted by Crippen LogP contribution is 2.33. The highest BCUT2D eigenvalue weighted by molar-refractivity contribution is 9.10. The molecule has 2 aromatic carbocycles. The van der Waals surface area contributed by atoms with Crippen molar-refractivity contribution in [2.24, 2.45) is 5.84 Å². The van der Waals surface area contributed by atoms with Crippen molar-refractivity contribution in [3.8, 4) is 0 Å². The Morgan fingerprint density at radius 1 is 1.15 bits per heavy atom. The lowest BCUT2D eigenvalue weighted by Gasteiger charge is -2.32. The van der Waals surface area contributed by atoms with Gasteiger partial charge in [-0.25, -0.2) is 10.6 Å². The van der Waals surface area contributed by atoms with Gasteiger partial charge in [0.2, 0.25) is 0 Å². The van der Waals surface area contributed by atoms with E-state index in [1.807, 2.05) is 40.9 Å². The maximum Gasteiger partial charge on any atom is 0.317 e. The standard InChI is InChI=1S/C19H21BrN4O2S/c20-16-7-5-14(6-8-16)17-12-24(9-10-27-17)19(26)22-11-13-1-3-15(4-2-13)18(25)23-21/h1-8,17H,9-12,21H2,(H,22,26)(H,23,25). The molecule has 1 aliphatic heterocycles. The molecule has 3 amide bonds. The molecular weight excluding hydrogens is 428 g/mol. The van der Waals surface area contributed by atoms with Gasteiger partial charge in [-0.2, -0.15) is 11.8 Å². The Morgan fingerprint density at radius 3 is 2.52 bits per heavy atom. The maximum absolute atomic E-state index is 12.5. The number of benzene rings is 2. The van der Waals surface area contributed by atoms with E-state index in [2.05, 4.69) is 38.8 Å². The Morgan fingerprint density at radius 2 is 1.85 bits per heavy atom. The molecule has 6 nitrogen and oxygen atoms in total. The molecule has 1 fully saturated rings. The van der Waals surface area contributed by atoms with E-state index in [-0.39, 0.29) is 17.2 Å². The first-order chi connectivity index (χ1) is 13.1. The van der Waals surface area contributed by atoms with E-state index in [1.54, 1.807) is 12.1 Å². The average molecular weight is 449 g/mol. The van der Waals surface area contributed by atoms with E-state index < -0.39 is 0 Å². The number of rotatable bonds is 4. The van der Waals surface area contributed by atoms with Gasteiger partial charge in [0.15, 0.2) is 0 Å². The number of urea groups is 1. The Bertz CT molecular complexity index is 798. The van der Waals surface area contributed by atoms with E-state index in [1.165, 1.54) is 5.56 Å². The zero-order chi connectivity index (χ0) is 19.2. The Kier molecular flexibility index (Phi) is 6.76. The number of halogens is 1. The first-order valence-electron chi connectivity index (χ1n) is 8.56. The van der Waals surface area contributed by atoms with Crippen molar-refractivity contribution in [1.82, 2.24) is 15.6 Å². The molecule has 4 N–H and O–H groups in total. The second-order valence-electron chi connectivity index (χ2n) is 6.19. The van der Waals surface area contributed by atoms with Crippen LogP contribution in [-0.4, -0.2) is 35.7 Å². The quantitative estimate of drug-likeness (QED) is 0.381. The van der Waals surface area contributed by atoms with Gasteiger partial charge in [-0.15, -0.1) is 0 Å². The molecule has 8 heteroatoms. The predicted molar refractivity (Wildman–Crippen MR) is 111 cm³/mol. The third kappa shape index (κ3) is 5.24. The minimum atomic E-state index is -0.338. The van der Waals surface area contributed by atoms with Gasteiger partial charge >= 0.3 is 6.03 Å². The van der Waals surface area contributed by atoms with Crippen LogP contribution in [-0.2, 0) is 6.54 Å². The summed E-state index contributed by atoms with van der Waals surface area (Å²) >= 11 is 5.33. The minimum absolute atomic E-state index is 0.0683. The summed E-state index contributed by atoms with van der Waals surface area (Å²) in [5.74, 6) is 5.69. The van der Waals surface area contributed by atoms with Crippen molar-refractivity contribution in [2.45, 2.75) is 11.8 Å². The summed E-state index contributed by atoms with van der Waals surface area (Å²) in [5.41, 5.74) is 4.73. The van der Waals surface area contributed by atoms with Gasteiger partial charge in [0.25, 0.3) is 5.91 Å². The van der Waals surface area contributed by atoms with Gasteiger partial charge in [-0.05, 0) is 35.4 Å². The van der Waals surface area contributed by atoms with Crippen LogP contribution >= 0.6 is 27.7 Å². The van der Waals surface area contributed by atoms with E-state index in [0.717, 1.165) is 22.3 Å². The molecular formula is C19H21BrN4O2S. The monoisotopic (exact) mass is 448 g/mol. The van der Waals surface area contributed by atoms with Gasteiger partial charge in [0.05, 0.1) is 0 Å². The number of nitrogens with two attached hydrogens (primary N) is 1. The molecule has 0 aliphatic carbocycles. The number of carbonyl (C=O) groups excluding carboxylic acids is 2. The summed E-state index contributed by atoms with van der Waals surface area (Å²) < 4.78 is 1.05. The van der Waals surface area contributed by atoms with Gasteiger partial charge in [0, 0.05) is 40.7 Å². The van der Waals surface area contributed by atoms with Crippen molar-refractivity contribution in [2.75, 3.05) is 18.8 Å². The number of nitrogen functional groups attached to an aromatic ring is 1. The third-order valence-corrected chi connectivity index (χ3v) is 6.16. The number of thioether (sulfide) groups is 1. The molecule has 1 saturated heterocycles. The molecule has 0 radical (unpaired) electrons. The average Bonchev–Trinajstić information content (AvgIpc) is 2.72. The number of hydrazine groups is 1. The lowest BCUT2D eigenvalue weighted by atomic mass is 10.1. The van der Waals surface area contributed by atoms with Crippen LogP contribution in [0.3, 0.4) is 0 Å². The topological polar surface area (TPSA) is 87.5 Å². The molecule has 2 aromatic rings. The predicted octanol–water partition coefficient (Wildman–Crippen LogP) is 3.05. The van der Waals surface area contributed by atoms with Gasteiger partial charge in [-0.1, -0.05) is 40.2 Å². The number of nitrogens with one attached hydrogen (secondary N) is 2. The van der Waals surface area contributed by atoms with Gasteiger partial charge < -0.3 is 10.2 Å². The minimum Gasteiger partial charge on any atom is -0.334 e. The lowest BCUT2D eigenvalue weighted by Crippen LogP contribution is -2.44. The van der Waals surface area contributed by atoms with Crippen LogP contribution in [0.5, 0.6) is 0 Å². The molecule has 0 aromatic heterocycles. The van der Waals surface area contributed by atoms with Crippen LogP contribution in [0.4, 0.5) is 4.79 Å². The van der Waals surface area contributed by atoms with Crippen LogP contribution in [0.1, 0.15) is 26.7 Å².